The summed E-state index contributed by atoms with van der Waals surface area (Å²) in [4.78, 5) is 0. The zero-order valence-corrected chi connectivity index (χ0v) is 6.98. The van der Waals surface area contributed by atoms with Gasteiger partial charge in [-0.2, -0.15) is 0 Å². The van der Waals surface area contributed by atoms with Crippen molar-refractivity contribution in [3.05, 3.63) is 11.1 Å². The SMILES string of the molecule is CC1=C(C)C(CN)CCC1. The van der Waals surface area contributed by atoms with E-state index in [0.717, 1.165) is 6.54 Å². The zero-order chi connectivity index (χ0) is 7.56. The number of rotatable bonds is 1. The maximum Gasteiger partial charge on any atom is -0.00115 e. The van der Waals surface area contributed by atoms with E-state index in [0.29, 0.717) is 5.92 Å². The van der Waals surface area contributed by atoms with Crippen LogP contribution in [0.5, 0.6) is 0 Å². The van der Waals surface area contributed by atoms with Crippen molar-refractivity contribution < 1.29 is 0 Å². The van der Waals surface area contributed by atoms with E-state index >= 15 is 0 Å². The first-order valence-corrected chi connectivity index (χ1v) is 4.12. The molecule has 0 amide bonds. The standard InChI is InChI=1S/C9H17N/c1-7-4-3-5-9(6-10)8(7)2/h9H,3-6,10H2,1-2H3. The lowest BCUT2D eigenvalue weighted by molar-refractivity contribution is 0.506. The molecule has 0 saturated carbocycles. The molecule has 1 heteroatoms. The fourth-order valence-corrected chi connectivity index (χ4v) is 1.67. The summed E-state index contributed by atoms with van der Waals surface area (Å²) in [6.45, 7) is 5.30. The van der Waals surface area contributed by atoms with E-state index < -0.39 is 0 Å². The summed E-state index contributed by atoms with van der Waals surface area (Å²) in [5.74, 6) is 0.689. The molecular formula is C9H17N. The minimum absolute atomic E-state index is 0.689. The average molecular weight is 139 g/mol. The van der Waals surface area contributed by atoms with Crippen LogP contribution in [-0.4, -0.2) is 6.54 Å². The first kappa shape index (κ1) is 7.80. The molecule has 0 bridgehead atoms. The Morgan fingerprint density at radius 1 is 1.50 bits per heavy atom. The van der Waals surface area contributed by atoms with Crippen molar-refractivity contribution in [3.8, 4) is 0 Å². The molecule has 1 aliphatic rings. The second-order valence-corrected chi connectivity index (χ2v) is 3.29. The predicted molar refractivity (Wildman–Crippen MR) is 44.8 cm³/mol. The van der Waals surface area contributed by atoms with E-state index in [9.17, 15) is 0 Å². The minimum Gasteiger partial charge on any atom is -0.330 e. The van der Waals surface area contributed by atoms with Gasteiger partial charge in [-0.3, -0.25) is 0 Å². The second-order valence-electron chi connectivity index (χ2n) is 3.29. The van der Waals surface area contributed by atoms with Gasteiger partial charge in [0.2, 0.25) is 0 Å². The van der Waals surface area contributed by atoms with Crippen LogP contribution in [0.15, 0.2) is 11.1 Å². The van der Waals surface area contributed by atoms with Crippen LogP contribution in [-0.2, 0) is 0 Å². The summed E-state index contributed by atoms with van der Waals surface area (Å²) < 4.78 is 0. The van der Waals surface area contributed by atoms with Gasteiger partial charge in [0.25, 0.3) is 0 Å². The maximum atomic E-state index is 5.62. The monoisotopic (exact) mass is 139 g/mol. The van der Waals surface area contributed by atoms with Crippen molar-refractivity contribution in [2.75, 3.05) is 6.54 Å². The first-order chi connectivity index (χ1) is 4.75. The van der Waals surface area contributed by atoms with E-state index in [1.165, 1.54) is 19.3 Å². The number of nitrogens with two attached hydrogens (primary N) is 1. The van der Waals surface area contributed by atoms with Crippen LogP contribution in [0.4, 0.5) is 0 Å². The normalized spacial score (nSPS) is 27.3. The van der Waals surface area contributed by atoms with Crippen LogP contribution in [0, 0.1) is 5.92 Å². The summed E-state index contributed by atoms with van der Waals surface area (Å²) >= 11 is 0. The molecule has 2 N–H and O–H groups in total. The molecule has 0 aromatic carbocycles. The quantitative estimate of drug-likeness (QED) is 0.553. The third-order valence-corrected chi connectivity index (χ3v) is 2.67. The van der Waals surface area contributed by atoms with Gasteiger partial charge >= 0.3 is 0 Å². The summed E-state index contributed by atoms with van der Waals surface area (Å²) in [6, 6.07) is 0. The summed E-state index contributed by atoms with van der Waals surface area (Å²) in [6.07, 6.45) is 3.94. The van der Waals surface area contributed by atoms with Crippen molar-refractivity contribution in [1.29, 1.82) is 0 Å². The highest BCUT2D eigenvalue weighted by atomic mass is 14.5. The Balaban J connectivity index is 2.68. The average Bonchev–Trinajstić information content (AvgIpc) is 1.95. The topological polar surface area (TPSA) is 26.0 Å². The molecule has 0 fully saturated rings. The number of allylic oxidation sites excluding steroid dienone is 1. The number of hydrogen-bond donors (Lipinski definition) is 1. The molecule has 1 nitrogen and oxygen atoms in total. The Morgan fingerprint density at radius 2 is 2.20 bits per heavy atom. The van der Waals surface area contributed by atoms with Crippen molar-refractivity contribution in [2.45, 2.75) is 33.1 Å². The van der Waals surface area contributed by atoms with Crippen LogP contribution in [0.1, 0.15) is 33.1 Å². The highest BCUT2D eigenvalue weighted by Gasteiger charge is 2.15. The summed E-state index contributed by atoms with van der Waals surface area (Å²) in [5, 5.41) is 0. The number of hydrogen-bond acceptors (Lipinski definition) is 1. The predicted octanol–water partition coefficient (Wildman–Crippen LogP) is 2.08. The van der Waals surface area contributed by atoms with Gasteiger partial charge in [0, 0.05) is 0 Å². The molecule has 58 valence electrons. The first-order valence-electron chi connectivity index (χ1n) is 4.12. The molecular weight excluding hydrogens is 122 g/mol. The van der Waals surface area contributed by atoms with E-state index in [2.05, 4.69) is 13.8 Å². The van der Waals surface area contributed by atoms with Crippen LogP contribution in [0.3, 0.4) is 0 Å². The molecule has 1 atom stereocenters. The molecule has 0 aromatic heterocycles. The third-order valence-electron chi connectivity index (χ3n) is 2.67. The van der Waals surface area contributed by atoms with E-state index in [1.54, 1.807) is 11.1 Å². The lowest BCUT2D eigenvalue weighted by Gasteiger charge is -2.23. The zero-order valence-electron chi connectivity index (χ0n) is 6.98. The Hall–Kier alpha value is -0.300. The van der Waals surface area contributed by atoms with Gasteiger partial charge in [0.1, 0.15) is 0 Å². The molecule has 1 rings (SSSR count). The molecule has 0 radical (unpaired) electrons. The highest BCUT2D eigenvalue weighted by molar-refractivity contribution is 5.16. The Kier molecular flexibility index (Phi) is 2.50. The van der Waals surface area contributed by atoms with Gasteiger partial charge in [-0.05, 0) is 45.6 Å². The smallest absolute Gasteiger partial charge is 0.00115 e. The van der Waals surface area contributed by atoms with Gasteiger partial charge in [-0.15, -0.1) is 0 Å². The fourth-order valence-electron chi connectivity index (χ4n) is 1.67. The van der Waals surface area contributed by atoms with Gasteiger partial charge in [-0.25, -0.2) is 0 Å². The second kappa shape index (κ2) is 3.20. The van der Waals surface area contributed by atoms with Crippen molar-refractivity contribution in [3.63, 3.8) is 0 Å². The van der Waals surface area contributed by atoms with Crippen molar-refractivity contribution in [2.24, 2.45) is 11.7 Å². The van der Waals surface area contributed by atoms with Crippen molar-refractivity contribution in [1.82, 2.24) is 0 Å². The Bertz CT molecular complexity index is 147. The molecule has 0 spiro atoms. The van der Waals surface area contributed by atoms with Crippen LogP contribution in [0.2, 0.25) is 0 Å². The summed E-state index contributed by atoms with van der Waals surface area (Å²) in [7, 11) is 0. The van der Waals surface area contributed by atoms with Crippen LogP contribution >= 0.6 is 0 Å². The Labute approximate surface area is 63.3 Å². The van der Waals surface area contributed by atoms with Gasteiger partial charge in [0.05, 0.1) is 0 Å². The minimum atomic E-state index is 0.689. The van der Waals surface area contributed by atoms with E-state index in [4.69, 9.17) is 5.73 Å². The Morgan fingerprint density at radius 3 is 2.70 bits per heavy atom. The van der Waals surface area contributed by atoms with E-state index in [-0.39, 0.29) is 0 Å². The van der Waals surface area contributed by atoms with Crippen molar-refractivity contribution >= 4 is 0 Å². The molecule has 0 saturated heterocycles. The molecule has 10 heavy (non-hydrogen) atoms. The lowest BCUT2D eigenvalue weighted by atomic mass is 9.84. The third kappa shape index (κ3) is 1.40. The van der Waals surface area contributed by atoms with Gasteiger partial charge in [0.15, 0.2) is 0 Å². The molecule has 0 aromatic rings. The summed E-state index contributed by atoms with van der Waals surface area (Å²) in [5.41, 5.74) is 8.74. The van der Waals surface area contributed by atoms with Crippen LogP contribution in [0.25, 0.3) is 0 Å². The largest absolute Gasteiger partial charge is 0.330 e. The molecule has 1 unspecified atom stereocenters. The molecule has 0 aliphatic heterocycles. The van der Waals surface area contributed by atoms with Gasteiger partial charge in [-0.1, -0.05) is 11.1 Å². The highest BCUT2D eigenvalue weighted by Crippen LogP contribution is 2.28. The fraction of sp³-hybridized carbons (Fsp3) is 0.778. The maximum absolute atomic E-state index is 5.62. The lowest BCUT2D eigenvalue weighted by Crippen LogP contribution is -2.19. The van der Waals surface area contributed by atoms with E-state index in [1.807, 2.05) is 0 Å². The molecule has 0 heterocycles. The van der Waals surface area contributed by atoms with Gasteiger partial charge < -0.3 is 5.73 Å². The molecule has 1 aliphatic carbocycles. The van der Waals surface area contributed by atoms with Crippen LogP contribution < -0.4 is 5.73 Å².